The van der Waals surface area contributed by atoms with Crippen LogP contribution in [0, 0.1) is 0 Å². The molecule has 0 bridgehead atoms. The fraction of sp³-hybridized carbons (Fsp3) is 0.464. The number of esters is 3. The van der Waals surface area contributed by atoms with Gasteiger partial charge in [0.15, 0.2) is 23.3 Å². The van der Waals surface area contributed by atoms with Crippen LogP contribution in [0.3, 0.4) is 0 Å². The molecule has 0 aliphatic carbocycles. The van der Waals surface area contributed by atoms with E-state index in [9.17, 15) is 14.4 Å². The van der Waals surface area contributed by atoms with Crippen molar-refractivity contribution < 1.29 is 37.8 Å². The largest absolute Gasteiger partial charge is 0.456 e. The van der Waals surface area contributed by atoms with Gasteiger partial charge in [-0.3, -0.25) is 14.4 Å². The average Bonchev–Trinajstić information content (AvgIpc) is 2.83. The van der Waals surface area contributed by atoms with E-state index >= 15 is 0 Å². The third-order valence-electron chi connectivity index (χ3n) is 6.36. The van der Waals surface area contributed by atoms with E-state index in [-0.39, 0.29) is 11.6 Å². The first kappa shape index (κ1) is 30.0. The van der Waals surface area contributed by atoms with Crippen LogP contribution in [0.25, 0.3) is 0 Å². The summed E-state index contributed by atoms with van der Waals surface area (Å²) in [5, 5.41) is 1.01. The minimum Gasteiger partial charge on any atom is -0.456 e. The lowest BCUT2D eigenvalue weighted by molar-refractivity contribution is -0.234. The minimum absolute atomic E-state index is 0.0257. The molecule has 0 spiro atoms. The molecule has 2 aromatic carbocycles. The number of benzene rings is 2. The van der Waals surface area contributed by atoms with Gasteiger partial charge in [0.25, 0.3) is 8.32 Å². The van der Waals surface area contributed by atoms with Gasteiger partial charge in [0.2, 0.25) is 0 Å². The van der Waals surface area contributed by atoms with Crippen LogP contribution >= 0.6 is 15.9 Å². The second kappa shape index (κ2) is 12.5. The summed E-state index contributed by atoms with van der Waals surface area (Å²) >= 11 is 3.42. The van der Waals surface area contributed by atoms with E-state index in [2.05, 4.69) is 61.0 Å². The van der Waals surface area contributed by atoms with Crippen molar-refractivity contribution in [2.24, 2.45) is 0 Å². The lowest BCUT2D eigenvalue weighted by atomic mass is 9.99. The Hall–Kier alpha value is -2.53. The second-order valence-electron chi connectivity index (χ2n) is 10.2. The van der Waals surface area contributed by atoms with Gasteiger partial charge in [0.1, 0.15) is 6.10 Å². The predicted molar refractivity (Wildman–Crippen MR) is 148 cm³/mol. The normalized spacial score (nSPS) is 23.8. The molecule has 8 nitrogen and oxygen atoms in total. The van der Waals surface area contributed by atoms with Crippen LogP contribution in [0.5, 0.6) is 0 Å². The summed E-state index contributed by atoms with van der Waals surface area (Å²) < 4.78 is 29.7. The molecule has 0 saturated carbocycles. The van der Waals surface area contributed by atoms with Crippen molar-refractivity contribution in [3.8, 4) is 0 Å². The Balaban J connectivity index is 2.06. The number of alkyl halides is 1. The summed E-state index contributed by atoms with van der Waals surface area (Å²) in [7, 11) is -2.95. The highest BCUT2D eigenvalue weighted by atomic mass is 79.9. The first-order chi connectivity index (χ1) is 17.9. The molecule has 206 valence electrons. The van der Waals surface area contributed by atoms with E-state index in [1.54, 1.807) is 0 Å². The second-order valence-corrected chi connectivity index (χ2v) is 15.4. The Morgan fingerprint density at radius 1 is 0.763 bits per heavy atom. The van der Waals surface area contributed by atoms with Gasteiger partial charge >= 0.3 is 17.9 Å². The van der Waals surface area contributed by atoms with Gasteiger partial charge in [0.05, 0.1) is 6.61 Å². The van der Waals surface area contributed by atoms with Gasteiger partial charge in [0, 0.05) is 20.8 Å². The number of carbonyl (C=O) groups excluding carboxylic acids is 3. The smallest absolute Gasteiger partial charge is 0.303 e. The molecule has 1 fully saturated rings. The van der Waals surface area contributed by atoms with Gasteiger partial charge in [-0.25, -0.2) is 0 Å². The quantitative estimate of drug-likeness (QED) is 0.195. The van der Waals surface area contributed by atoms with Gasteiger partial charge < -0.3 is 23.4 Å². The molecule has 0 radical (unpaired) electrons. The van der Waals surface area contributed by atoms with Crippen LogP contribution in [-0.4, -0.2) is 62.3 Å². The molecule has 1 aliphatic heterocycles. The van der Waals surface area contributed by atoms with Crippen molar-refractivity contribution in [3.63, 3.8) is 0 Å². The molecular weight excluding hydrogens is 572 g/mol. The molecule has 1 aliphatic rings. The van der Waals surface area contributed by atoms with Gasteiger partial charge in [-0.1, -0.05) is 97.4 Å². The van der Waals surface area contributed by atoms with Crippen molar-refractivity contribution in [1.29, 1.82) is 0 Å². The highest BCUT2D eigenvalue weighted by Crippen LogP contribution is 2.38. The molecule has 10 heteroatoms. The molecular formula is C28H35BrO8Si. The van der Waals surface area contributed by atoms with E-state index in [1.807, 2.05) is 36.4 Å². The zero-order valence-corrected chi connectivity index (χ0v) is 25.1. The van der Waals surface area contributed by atoms with E-state index in [1.165, 1.54) is 20.8 Å². The molecule has 2 aromatic rings. The molecule has 3 rings (SSSR count). The van der Waals surface area contributed by atoms with Crippen molar-refractivity contribution in [2.75, 3.05) is 6.61 Å². The lowest BCUT2D eigenvalue weighted by Crippen LogP contribution is -2.68. The van der Waals surface area contributed by atoms with Crippen molar-refractivity contribution in [1.82, 2.24) is 0 Å². The molecule has 5 atom stereocenters. The Labute approximate surface area is 233 Å². The van der Waals surface area contributed by atoms with Crippen LogP contribution in [-0.2, 0) is 37.8 Å². The Morgan fingerprint density at radius 2 is 1.18 bits per heavy atom. The highest BCUT2D eigenvalue weighted by Gasteiger charge is 2.54. The third kappa shape index (κ3) is 6.72. The highest BCUT2D eigenvalue weighted by molar-refractivity contribution is 9.09. The fourth-order valence-corrected chi connectivity index (χ4v) is 10.2. The maximum Gasteiger partial charge on any atom is 0.303 e. The van der Waals surface area contributed by atoms with Crippen LogP contribution in [0.15, 0.2) is 60.7 Å². The van der Waals surface area contributed by atoms with E-state index < -0.39 is 55.7 Å². The van der Waals surface area contributed by atoms with Crippen LogP contribution in [0.4, 0.5) is 0 Å². The van der Waals surface area contributed by atoms with E-state index in [4.69, 9.17) is 23.4 Å². The lowest BCUT2D eigenvalue weighted by Gasteiger charge is -2.46. The Morgan fingerprint density at radius 3 is 1.61 bits per heavy atom. The standard InChI is InChI=1S/C28H35BrO8Si/c1-18(30)34-24-23(37-27(29)26(36-20(3)32)25(24)35-19(2)31)17-33-38(28(4,5)6,21-13-9-7-10-14-21)22-15-11-8-12-16-22/h7-16,23-27H,17H2,1-6H3/t23-,24-,25+,26-,27+/m1/s1. The number of hydrogen-bond donors (Lipinski definition) is 0. The van der Waals surface area contributed by atoms with Crippen LogP contribution in [0.1, 0.15) is 41.5 Å². The summed E-state index contributed by atoms with van der Waals surface area (Å²) in [5.41, 5.74) is 0. The molecule has 1 heterocycles. The first-order valence-corrected chi connectivity index (χ1v) is 15.3. The SMILES string of the molecule is CC(=O)O[C@@H]1[C@@H](OC(C)=O)[C@@H](Br)O[C@H](CO[Si](c2ccccc2)(c2ccccc2)C(C)(C)C)[C@H]1OC(C)=O. The number of halogens is 1. The maximum atomic E-state index is 12.1. The number of carbonyl (C=O) groups is 3. The van der Waals surface area contributed by atoms with Crippen LogP contribution < -0.4 is 10.4 Å². The van der Waals surface area contributed by atoms with Crippen molar-refractivity contribution in [2.45, 2.75) is 76.0 Å². The number of rotatable bonds is 8. The predicted octanol–water partition coefficient (Wildman–Crippen LogP) is 3.48. The zero-order chi connectivity index (χ0) is 28.1. The van der Waals surface area contributed by atoms with Crippen LogP contribution in [0.2, 0.25) is 5.04 Å². The summed E-state index contributed by atoms with van der Waals surface area (Å²) in [4.78, 5) is 36.0. The minimum atomic E-state index is -2.95. The first-order valence-electron chi connectivity index (χ1n) is 12.4. The molecule has 0 N–H and O–H groups in total. The zero-order valence-electron chi connectivity index (χ0n) is 22.5. The summed E-state index contributed by atoms with van der Waals surface area (Å²) in [6, 6.07) is 20.2. The van der Waals surface area contributed by atoms with E-state index in [0.29, 0.717) is 0 Å². The Bertz CT molecular complexity index is 1070. The molecule has 0 amide bonds. The van der Waals surface area contributed by atoms with Gasteiger partial charge in [-0.15, -0.1) is 0 Å². The summed E-state index contributed by atoms with van der Waals surface area (Å²) in [6.45, 7) is 10.2. The van der Waals surface area contributed by atoms with Gasteiger partial charge in [-0.2, -0.15) is 0 Å². The van der Waals surface area contributed by atoms with Gasteiger partial charge in [-0.05, 0) is 15.4 Å². The number of ether oxygens (including phenoxy) is 4. The molecule has 1 saturated heterocycles. The third-order valence-corrected chi connectivity index (χ3v) is 12.1. The molecule has 0 aromatic heterocycles. The van der Waals surface area contributed by atoms with Crippen molar-refractivity contribution >= 4 is 52.5 Å². The fourth-order valence-electron chi connectivity index (χ4n) is 4.94. The molecule has 0 unspecified atom stereocenters. The summed E-state index contributed by atoms with van der Waals surface area (Å²) in [5.74, 6) is -1.80. The maximum absolute atomic E-state index is 12.1. The van der Waals surface area contributed by atoms with E-state index in [0.717, 1.165) is 10.4 Å². The average molecular weight is 608 g/mol. The monoisotopic (exact) mass is 606 g/mol. The van der Waals surface area contributed by atoms with Crippen molar-refractivity contribution in [3.05, 3.63) is 60.7 Å². The summed E-state index contributed by atoms with van der Waals surface area (Å²) in [6.07, 6.45) is -4.05. The number of hydrogen-bond acceptors (Lipinski definition) is 8. The topological polar surface area (TPSA) is 97.4 Å². The Kier molecular flexibility index (Phi) is 9.91. The molecule has 38 heavy (non-hydrogen) atoms.